The Morgan fingerprint density at radius 3 is 2.79 bits per heavy atom. The van der Waals surface area contributed by atoms with E-state index in [1.165, 1.54) is 6.07 Å². The van der Waals surface area contributed by atoms with Crippen LogP contribution in [0.1, 0.15) is 24.3 Å². The second kappa shape index (κ2) is 9.30. The van der Waals surface area contributed by atoms with Gasteiger partial charge in [0.1, 0.15) is 23.0 Å². The van der Waals surface area contributed by atoms with Crippen LogP contribution in [0.4, 0.5) is 4.39 Å². The van der Waals surface area contributed by atoms with Gasteiger partial charge in [-0.1, -0.05) is 30.3 Å². The minimum atomic E-state index is -0.972. The number of rotatable bonds is 6. The molecule has 3 heterocycles. The molecule has 2 aliphatic rings. The quantitative estimate of drug-likeness (QED) is 0.529. The maximum Gasteiger partial charge on any atom is 0.193 e. The van der Waals surface area contributed by atoms with Crippen LogP contribution < -0.4 is 4.74 Å². The molecular weight excluding hydrogens is 443 g/mol. The molecular formula is C25H25FN2O4S. The lowest BCUT2D eigenvalue weighted by atomic mass is 9.91. The van der Waals surface area contributed by atoms with Gasteiger partial charge in [0.25, 0.3) is 0 Å². The van der Waals surface area contributed by atoms with Gasteiger partial charge in [0.05, 0.1) is 30.4 Å². The van der Waals surface area contributed by atoms with E-state index in [9.17, 15) is 14.0 Å². The van der Waals surface area contributed by atoms with Crippen molar-refractivity contribution in [1.82, 2.24) is 9.97 Å². The molecule has 0 bridgehead atoms. The Labute approximate surface area is 194 Å². The SMILES string of the molecule is C[S+]([O-])C1=CCC(c2ccc(-c3nc4cc(O[C@@H]5CO[C@H](CO)C5)[nH]c4cc3F)cc2)C=C1. The Hall–Kier alpha value is -2.65. The summed E-state index contributed by atoms with van der Waals surface area (Å²) in [6.07, 6.45) is 8.70. The first-order chi connectivity index (χ1) is 16.0. The summed E-state index contributed by atoms with van der Waals surface area (Å²) in [4.78, 5) is 8.44. The fourth-order valence-corrected chi connectivity index (χ4v) is 4.88. The van der Waals surface area contributed by atoms with Crippen LogP contribution in [0.3, 0.4) is 0 Å². The van der Waals surface area contributed by atoms with Crippen LogP contribution in [-0.4, -0.2) is 51.3 Å². The molecule has 0 spiro atoms. The molecule has 172 valence electrons. The van der Waals surface area contributed by atoms with E-state index in [0.717, 1.165) is 16.9 Å². The second-order valence-corrected chi connectivity index (χ2v) is 9.76. The fourth-order valence-electron chi connectivity index (χ4n) is 4.28. The molecule has 3 aromatic rings. The molecule has 2 unspecified atom stereocenters. The summed E-state index contributed by atoms with van der Waals surface area (Å²) < 4.78 is 37.8. The molecule has 6 nitrogen and oxygen atoms in total. The molecule has 2 N–H and O–H groups in total. The molecule has 0 amide bonds. The molecule has 33 heavy (non-hydrogen) atoms. The summed E-state index contributed by atoms with van der Waals surface area (Å²) in [5.41, 5.74) is 3.27. The highest BCUT2D eigenvalue weighted by atomic mass is 32.2. The van der Waals surface area contributed by atoms with E-state index in [0.29, 0.717) is 35.5 Å². The summed E-state index contributed by atoms with van der Waals surface area (Å²) in [5, 5.41) is 9.20. The van der Waals surface area contributed by atoms with Crippen molar-refractivity contribution in [3.63, 3.8) is 0 Å². The summed E-state index contributed by atoms with van der Waals surface area (Å²) in [5.74, 6) is 0.297. The number of halogens is 1. The third-order valence-electron chi connectivity index (χ3n) is 6.08. The molecule has 1 aromatic carbocycles. The molecule has 1 aliphatic heterocycles. The number of H-pyrrole nitrogens is 1. The topological polar surface area (TPSA) is 90.4 Å². The Bertz CT molecular complexity index is 1210. The zero-order chi connectivity index (χ0) is 22.9. The smallest absolute Gasteiger partial charge is 0.193 e. The predicted molar refractivity (Wildman–Crippen MR) is 126 cm³/mol. The first kappa shape index (κ1) is 22.2. The lowest BCUT2D eigenvalue weighted by Crippen LogP contribution is -2.17. The zero-order valence-corrected chi connectivity index (χ0v) is 19.0. The van der Waals surface area contributed by atoms with Gasteiger partial charge in [-0.15, -0.1) is 0 Å². The summed E-state index contributed by atoms with van der Waals surface area (Å²) in [6.45, 7) is 0.374. The highest BCUT2D eigenvalue weighted by Gasteiger charge is 2.27. The number of aliphatic hydroxyl groups is 1. The highest BCUT2D eigenvalue weighted by molar-refractivity contribution is 7.94. The number of allylic oxidation sites excluding steroid dienone is 3. The number of aromatic amines is 1. The van der Waals surface area contributed by atoms with Gasteiger partial charge in [-0.3, -0.25) is 0 Å². The van der Waals surface area contributed by atoms with E-state index >= 15 is 0 Å². The third-order valence-corrected chi connectivity index (χ3v) is 7.05. The van der Waals surface area contributed by atoms with Crippen LogP contribution in [0.15, 0.2) is 59.5 Å². The van der Waals surface area contributed by atoms with E-state index in [1.54, 1.807) is 12.3 Å². The second-order valence-electron chi connectivity index (χ2n) is 8.38. The summed E-state index contributed by atoms with van der Waals surface area (Å²) in [6, 6.07) is 10.9. The van der Waals surface area contributed by atoms with E-state index in [4.69, 9.17) is 9.47 Å². The van der Waals surface area contributed by atoms with Crippen LogP contribution in [0.5, 0.6) is 5.88 Å². The van der Waals surface area contributed by atoms with E-state index in [-0.39, 0.29) is 30.4 Å². The number of ether oxygens (including phenoxy) is 2. The standard InChI is InChI=1S/C25H25FN2O4S/c1-33(30)20-8-6-16(7-9-20)15-2-4-17(5-3-15)25-21(26)11-22-23(28-25)12-24(27-22)32-19-10-18(13-29)31-14-19/h2-6,8-9,11-12,16,18-19,27,29H,7,10,13-14H2,1H3/t16?,18-,19-,33?/m0/s1. The van der Waals surface area contributed by atoms with Crippen LogP contribution in [0, 0.1) is 5.82 Å². The number of nitrogens with zero attached hydrogens (tertiary/aromatic N) is 1. The number of nitrogens with one attached hydrogen (secondary N) is 1. The predicted octanol–water partition coefficient (Wildman–Crippen LogP) is 4.20. The lowest BCUT2D eigenvalue weighted by Gasteiger charge is -2.17. The number of pyridine rings is 1. The highest BCUT2D eigenvalue weighted by Crippen LogP contribution is 2.32. The van der Waals surface area contributed by atoms with Crippen molar-refractivity contribution < 1.29 is 23.5 Å². The van der Waals surface area contributed by atoms with Crippen molar-refractivity contribution in [1.29, 1.82) is 0 Å². The number of hydrogen-bond donors (Lipinski definition) is 2. The van der Waals surface area contributed by atoms with Crippen molar-refractivity contribution in [2.75, 3.05) is 19.5 Å². The third kappa shape index (κ3) is 4.70. The number of fused-ring (bicyclic) bond motifs is 1. The Morgan fingerprint density at radius 1 is 1.30 bits per heavy atom. The van der Waals surface area contributed by atoms with Gasteiger partial charge in [0.2, 0.25) is 0 Å². The molecule has 0 radical (unpaired) electrons. The van der Waals surface area contributed by atoms with Gasteiger partial charge in [-0.2, -0.15) is 0 Å². The number of benzene rings is 1. The van der Waals surface area contributed by atoms with Crippen molar-refractivity contribution >= 4 is 22.2 Å². The van der Waals surface area contributed by atoms with Gasteiger partial charge in [-0.05, 0) is 35.3 Å². The molecule has 0 saturated carbocycles. The van der Waals surface area contributed by atoms with Crippen LogP contribution in [-0.2, 0) is 15.9 Å². The lowest BCUT2D eigenvalue weighted by molar-refractivity contribution is 0.0531. The van der Waals surface area contributed by atoms with Crippen molar-refractivity contribution in [3.05, 3.63) is 70.9 Å². The number of hydrogen-bond acceptors (Lipinski definition) is 5. The largest absolute Gasteiger partial charge is 0.612 e. The van der Waals surface area contributed by atoms with Crippen LogP contribution in [0.2, 0.25) is 0 Å². The van der Waals surface area contributed by atoms with Gasteiger partial charge >= 0.3 is 0 Å². The summed E-state index contributed by atoms with van der Waals surface area (Å²) in [7, 11) is 0. The molecule has 2 aromatic heterocycles. The first-order valence-corrected chi connectivity index (χ1v) is 12.5. The molecule has 1 aliphatic carbocycles. The Kier molecular flexibility index (Phi) is 6.25. The van der Waals surface area contributed by atoms with Gasteiger partial charge in [0.15, 0.2) is 11.7 Å². The fraction of sp³-hybridized carbons (Fsp3) is 0.320. The van der Waals surface area contributed by atoms with Gasteiger partial charge < -0.3 is 24.1 Å². The number of aliphatic hydroxyl groups excluding tert-OH is 1. The van der Waals surface area contributed by atoms with Crippen LogP contribution in [0.25, 0.3) is 22.3 Å². The van der Waals surface area contributed by atoms with Crippen molar-refractivity contribution in [3.8, 4) is 17.1 Å². The normalized spacial score (nSPS) is 23.6. The molecule has 1 fully saturated rings. The van der Waals surface area contributed by atoms with E-state index in [1.807, 2.05) is 36.4 Å². The maximum absolute atomic E-state index is 14.9. The average molecular weight is 469 g/mol. The maximum atomic E-state index is 14.9. The minimum Gasteiger partial charge on any atom is -0.612 e. The average Bonchev–Trinajstić information content (AvgIpc) is 3.44. The molecule has 4 atom stereocenters. The molecule has 8 heteroatoms. The molecule has 5 rings (SSSR count). The monoisotopic (exact) mass is 468 g/mol. The van der Waals surface area contributed by atoms with E-state index < -0.39 is 17.0 Å². The van der Waals surface area contributed by atoms with Crippen molar-refractivity contribution in [2.45, 2.75) is 31.0 Å². The van der Waals surface area contributed by atoms with Crippen molar-refractivity contribution in [2.24, 2.45) is 0 Å². The zero-order valence-electron chi connectivity index (χ0n) is 18.2. The van der Waals surface area contributed by atoms with Gasteiger partial charge in [0, 0.05) is 30.0 Å². The Balaban J connectivity index is 1.33. The minimum absolute atomic E-state index is 0.0318. The van der Waals surface area contributed by atoms with Crippen LogP contribution >= 0.6 is 0 Å². The Morgan fingerprint density at radius 2 is 2.12 bits per heavy atom. The van der Waals surface area contributed by atoms with E-state index in [2.05, 4.69) is 16.0 Å². The van der Waals surface area contributed by atoms with Gasteiger partial charge in [-0.25, -0.2) is 9.37 Å². The number of aromatic nitrogens is 2. The molecule has 1 saturated heterocycles. The first-order valence-electron chi connectivity index (χ1n) is 10.9. The summed E-state index contributed by atoms with van der Waals surface area (Å²) >= 11 is -0.972.